The van der Waals surface area contributed by atoms with Crippen LogP contribution in [-0.4, -0.2) is 20.2 Å². The molecular weight excluding hydrogens is 305 g/mol. The molecule has 6 heteroatoms. The summed E-state index contributed by atoms with van der Waals surface area (Å²) in [7, 11) is 0. The van der Waals surface area contributed by atoms with E-state index in [1.165, 1.54) is 12.1 Å². The van der Waals surface area contributed by atoms with Crippen molar-refractivity contribution in [1.82, 2.24) is 20.2 Å². The first-order valence-electron chi connectivity index (χ1n) is 7.46. The average molecular weight is 319 g/mol. The van der Waals surface area contributed by atoms with Crippen molar-refractivity contribution >= 4 is 11.5 Å². The molecule has 118 valence electrons. The largest absolute Gasteiger partial charge is 0.366 e. The first-order valence-corrected chi connectivity index (χ1v) is 7.46. The van der Waals surface area contributed by atoms with Crippen LogP contribution >= 0.6 is 0 Å². The van der Waals surface area contributed by atoms with Gasteiger partial charge in [-0.05, 0) is 48.0 Å². The third kappa shape index (κ3) is 2.65. The van der Waals surface area contributed by atoms with Crippen LogP contribution in [0.4, 0.5) is 15.9 Å². The van der Waals surface area contributed by atoms with Gasteiger partial charge in [0.15, 0.2) is 5.82 Å². The van der Waals surface area contributed by atoms with Crippen molar-refractivity contribution in [3.8, 4) is 22.4 Å². The quantitative estimate of drug-likeness (QED) is 0.524. The molecule has 0 saturated carbocycles. The highest BCUT2D eigenvalue weighted by atomic mass is 19.1. The van der Waals surface area contributed by atoms with Gasteiger partial charge in [0.25, 0.3) is 0 Å². The number of hydrogen-bond acceptors (Lipinski definition) is 3. The minimum Gasteiger partial charge on any atom is -0.366 e. The van der Waals surface area contributed by atoms with Crippen molar-refractivity contribution < 1.29 is 4.39 Å². The molecule has 0 radical (unpaired) electrons. The van der Waals surface area contributed by atoms with Gasteiger partial charge < -0.3 is 10.3 Å². The van der Waals surface area contributed by atoms with E-state index in [9.17, 15) is 4.39 Å². The van der Waals surface area contributed by atoms with Crippen LogP contribution in [-0.2, 0) is 0 Å². The molecule has 3 N–H and O–H groups in total. The maximum absolute atomic E-state index is 13.2. The molecule has 4 rings (SSSR count). The Labute approximate surface area is 137 Å². The highest BCUT2D eigenvalue weighted by molar-refractivity contribution is 5.89. The average Bonchev–Trinajstić information content (AvgIpc) is 3.27. The Kier molecular flexibility index (Phi) is 3.55. The molecule has 0 bridgehead atoms. The van der Waals surface area contributed by atoms with E-state index in [1.54, 1.807) is 24.5 Å². The molecule has 24 heavy (non-hydrogen) atoms. The third-order valence-electron chi connectivity index (χ3n) is 3.73. The molecule has 3 aromatic heterocycles. The van der Waals surface area contributed by atoms with Crippen molar-refractivity contribution in [2.45, 2.75) is 0 Å². The summed E-state index contributed by atoms with van der Waals surface area (Å²) in [6, 6.07) is 12.1. The Morgan fingerprint density at radius 2 is 1.71 bits per heavy atom. The number of hydrogen-bond donors (Lipinski definition) is 3. The highest BCUT2D eigenvalue weighted by Gasteiger charge is 2.17. The van der Waals surface area contributed by atoms with E-state index in [4.69, 9.17) is 0 Å². The summed E-state index contributed by atoms with van der Waals surface area (Å²) < 4.78 is 13.2. The van der Waals surface area contributed by atoms with Crippen molar-refractivity contribution in [3.05, 3.63) is 73.1 Å². The Hall–Kier alpha value is -3.41. The van der Waals surface area contributed by atoms with E-state index in [0.717, 1.165) is 28.1 Å². The predicted molar refractivity (Wildman–Crippen MR) is 91.3 cm³/mol. The zero-order chi connectivity index (χ0) is 16.4. The predicted octanol–water partition coefficient (Wildman–Crippen LogP) is 4.35. The van der Waals surface area contributed by atoms with E-state index in [0.29, 0.717) is 5.82 Å². The zero-order valence-electron chi connectivity index (χ0n) is 12.6. The summed E-state index contributed by atoms with van der Waals surface area (Å²) in [6.07, 6.45) is 7.15. The fourth-order valence-electron chi connectivity index (χ4n) is 2.60. The molecule has 0 aliphatic carbocycles. The second kappa shape index (κ2) is 6.00. The van der Waals surface area contributed by atoms with Gasteiger partial charge in [0.1, 0.15) is 5.82 Å². The molecular formula is C18H14FN5. The van der Waals surface area contributed by atoms with Crippen LogP contribution in [0.3, 0.4) is 0 Å². The van der Waals surface area contributed by atoms with Gasteiger partial charge in [0.05, 0.1) is 16.9 Å². The molecule has 0 aliphatic rings. The van der Waals surface area contributed by atoms with Crippen molar-refractivity contribution in [1.29, 1.82) is 0 Å². The van der Waals surface area contributed by atoms with Gasteiger partial charge in [-0.25, -0.2) is 4.39 Å². The molecule has 0 aliphatic heterocycles. The Bertz CT molecular complexity index is 927. The van der Waals surface area contributed by atoms with Crippen molar-refractivity contribution in [3.63, 3.8) is 0 Å². The van der Waals surface area contributed by atoms with Gasteiger partial charge >= 0.3 is 0 Å². The molecule has 0 saturated heterocycles. The lowest BCUT2D eigenvalue weighted by Crippen LogP contribution is -1.92. The minimum atomic E-state index is -0.269. The maximum atomic E-state index is 13.2. The first-order chi connectivity index (χ1) is 11.8. The summed E-state index contributed by atoms with van der Waals surface area (Å²) in [5.74, 6) is 0.425. The molecule has 0 fully saturated rings. The van der Waals surface area contributed by atoms with E-state index < -0.39 is 0 Å². The highest BCUT2D eigenvalue weighted by Crippen LogP contribution is 2.37. The number of benzene rings is 1. The van der Waals surface area contributed by atoms with Gasteiger partial charge in [-0.3, -0.25) is 10.1 Å². The number of aromatic nitrogens is 4. The molecule has 0 unspecified atom stereocenters. The van der Waals surface area contributed by atoms with Crippen LogP contribution in [0, 0.1) is 5.82 Å². The van der Waals surface area contributed by atoms with E-state index in [-0.39, 0.29) is 5.82 Å². The monoisotopic (exact) mass is 319 g/mol. The van der Waals surface area contributed by atoms with Crippen LogP contribution in [0.5, 0.6) is 0 Å². The lowest BCUT2D eigenvalue weighted by molar-refractivity contribution is 0.628. The smallest absolute Gasteiger partial charge is 0.160 e. The normalized spacial score (nSPS) is 10.7. The second-order valence-corrected chi connectivity index (χ2v) is 5.29. The summed E-state index contributed by atoms with van der Waals surface area (Å²) in [4.78, 5) is 7.07. The fraction of sp³-hybridized carbons (Fsp3) is 0. The van der Waals surface area contributed by atoms with Gasteiger partial charge in [0.2, 0.25) is 0 Å². The number of pyridine rings is 1. The maximum Gasteiger partial charge on any atom is 0.160 e. The molecule has 0 atom stereocenters. The number of aromatic amines is 2. The van der Waals surface area contributed by atoms with E-state index >= 15 is 0 Å². The minimum absolute atomic E-state index is 0.269. The summed E-state index contributed by atoms with van der Waals surface area (Å²) >= 11 is 0. The summed E-state index contributed by atoms with van der Waals surface area (Å²) in [6.45, 7) is 0. The zero-order valence-corrected chi connectivity index (χ0v) is 12.6. The van der Waals surface area contributed by atoms with Crippen LogP contribution < -0.4 is 5.32 Å². The fourth-order valence-corrected chi connectivity index (χ4v) is 2.60. The Morgan fingerprint density at radius 3 is 2.42 bits per heavy atom. The van der Waals surface area contributed by atoms with E-state index in [1.807, 2.05) is 30.6 Å². The molecule has 1 aromatic carbocycles. The van der Waals surface area contributed by atoms with Gasteiger partial charge in [-0.1, -0.05) is 0 Å². The number of rotatable bonds is 4. The van der Waals surface area contributed by atoms with Gasteiger partial charge in [-0.2, -0.15) is 5.10 Å². The van der Waals surface area contributed by atoms with Crippen LogP contribution in [0.2, 0.25) is 0 Å². The number of nitrogens with zero attached hydrogens (tertiary/aromatic N) is 2. The Morgan fingerprint density at radius 1 is 0.917 bits per heavy atom. The molecule has 4 aromatic rings. The van der Waals surface area contributed by atoms with Gasteiger partial charge in [0, 0.05) is 30.4 Å². The molecule has 3 heterocycles. The second-order valence-electron chi connectivity index (χ2n) is 5.29. The van der Waals surface area contributed by atoms with Crippen LogP contribution in [0.1, 0.15) is 0 Å². The summed E-state index contributed by atoms with van der Waals surface area (Å²) in [5, 5.41) is 10.7. The van der Waals surface area contributed by atoms with Crippen molar-refractivity contribution in [2.75, 3.05) is 5.32 Å². The molecule has 0 amide bonds. The standard InChI is InChI=1S/C18H14FN5/c19-14-3-1-13(2-4-14)17-16(12-5-8-20-9-6-12)18(24-23-17)22-15-7-10-21-11-15/h1-11,21H,(H2,22,23,24). The number of H-pyrrole nitrogens is 2. The lowest BCUT2D eigenvalue weighted by Gasteiger charge is -2.07. The number of nitrogens with one attached hydrogen (secondary N) is 3. The van der Waals surface area contributed by atoms with E-state index in [2.05, 4.69) is 25.5 Å². The third-order valence-corrected chi connectivity index (χ3v) is 3.73. The van der Waals surface area contributed by atoms with Crippen LogP contribution in [0.15, 0.2) is 67.3 Å². The van der Waals surface area contributed by atoms with Crippen molar-refractivity contribution in [2.24, 2.45) is 0 Å². The van der Waals surface area contributed by atoms with Crippen LogP contribution in [0.25, 0.3) is 22.4 Å². The lowest BCUT2D eigenvalue weighted by atomic mass is 10.0. The first kappa shape index (κ1) is 14.2. The Balaban J connectivity index is 1.85. The number of halogens is 1. The molecule has 0 spiro atoms. The summed E-state index contributed by atoms with van der Waals surface area (Å²) in [5.41, 5.74) is 4.46. The number of anilines is 2. The van der Waals surface area contributed by atoms with Gasteiger partial charge in [-0.15, -0.1) is 0 Å². The molecule has 5 nitrogen and oxygen atoms in total. The topological polar surface area (TPSA) is 69.4 Å². The SMILES string of the molecule is Fc1ccc(-c2[nH]nc(Nc3cc[nH]c3)c2-c2ccncc2)cc1.